The monoisotopic (exact) mass is 242 g/mol. The number of nitrogens with one attached hydrogen (secondary N) is 1. The molecule has 3 heteroatoms. The summed E-state index contributed by atoms with van der Waals surface area (Å²) in [7, 11) is 1.95. The number of carbonyl (C=O) groups is 1. The lowest BCUT2D eigenvalue weighted by Crippen LogP contribution is -2.47. The van der Waals surface area contributed by atoms with Crippen LogP contribution in [0.2, 0.25) is 0 Å². The zero-order valence-corrected chi connectivity index (χ0v) is 12.4. The van der Waals surface area contributed by atoms with Crippen LogP contribution in [0.25, 0.3) is 0 Å². The number of hydrogen-bond acceptors (Lipinski definition) is 2. The summed E-state index contributed by atoms with van der Waals surface area (Å²) in [4.78, 5) is 14.0. The van der Waals surface area contributed by atoms with Crippen LogP contribution in [0.5, 0.6) is 0 Å². The van der Waals surface area contributed by atoms with Crippen LogP contribution in [0, 0.1) is 11.8 Å². The Morgan fingerprint density at radius 3 is 1.94 bits per heavy atom. The third-order valence-corrected chi connectivity index (χ3v) is 3.82. The Balaban J connectivity index is 4.61. The van der Waals surface area contributed by atoms with E-state index < -0.39 is 0 Å². The molecule has 2 atom stereocenters. The molecule has 0 saturated heterocycles. The van der Waals surface area contributed by atoms with Gasteiger partial charge in [-0.15, -0.1) is 0 Å². The summed E-state index contributed by atoms with van der Waals surface area (Å²) in [5.41, 5.74) is 0. The van der Waals surface area contributed by atoms with Gasteiger partial charge in [-0.3, -0.25) is 4.79 Å². The maximum atomic E-state index is 12.0. The lowest BCUT2D eigenvalue weighted by molar-refractivity contribution is -0.133. The van der Waals surface area contributed by atoms with Crippen LogP contribution < -0.4 is 5.32 Å². The van der Waals surface area contributed by atoms with E-state index in [1.807, 2.05) is 18.9 Å². The number of rotatable bonds is 8. The molecule has 0 aromatic rings. The summed E-state index contributed by atoms with van der Waals surface area (Å²) < 4.78 is 0. The Kier molecular flexibility index (Phi) is 8.23. The Labute approximate surface area is 107 Å². The quantitative estimate of drug-likeness (QED) is 0.709. The molecule has 0 aliphatic carbocycles. The highest BCUT2D eigenvalue weighted by molar-refractivity contribution is 5.78. The van der Waals surface area contributed by atoms with Crippen molar-refractivity contribution in [2.75, 3.05) is 20.1 Å². The third kappa shape index (κ3) is 5.07. The summed E-state index contributed by atoms with van der Waals surface area (Å²) in [6.45, 7) is 12.2. The SMILES string of the molecule is CCNCC(=O)N(C)C(C(C)CC)C(C)CC. The standard InChI is InChI=1S/C14H30N2O/c1-7-11(4)14(12(5)8-2)16(6)13(17)10-15-9-3/h11-12,14-15H,7-10H2,1-6H3. The van der Waals surface area contributed by atoms with E-state index in [1.54, 1.807) is 0 Å². The minimum Gasteiger partial charge on any atom is -0.341 e. The van der Waals surface area contributed by atoms with Gasteiger partial charge < -0.3 is 10.2 Å². The van der Waals surface area contributed by atoms with E-state index >= 15 is 0 Å². The first-order valence-electron chi connectivity index (χ1n) is 6.95. The van der Waals surface area contributed by atoms with Crippen LogP contribution in [0.1, 0.15) is 47.5 Å². The van der Waals surface area contributed by atoms with Gasteiger partial charge in [0.1, 0.15) is 0 Å². The van der Waals surface area contributed by atoms with Gasteiger partial charge in [-0.25, -0.2) is 0 Å². The van der Waals surface area contributed by atoms with Gasteiger partial charge in [0.15, 0.2) is 0 Å². The van der Waals surface area contributed by atoms with Gasteiger partial charge in [-0.1, -0.05) is 47.5 Å². The maximum Gasteiger partial charge on any atom is 0.236 e. The van der Waals surface area contributed by atoms with Crippen molar-refractivity contribution in [2.24, 2.45) is 11.8 Å². The van der Waals surface area contributed by atoms with Crippen LogP contribution >= 0.6 is 0 Å². The Morgan fingerprint density at radius 2 is 1.59 bits per heavy atom. The van der Waals surface area contributed by atoms with Crippen molar-refractivity contribution in [3.05, 3.63) is 0 Å². The molecule has 1 amide bonds. The fourth-order valence-corrected chi connectivity index (χ4v) is 2.33. The predicted octanol–water partition coefficient (Wildman–Crippen LogP) is 2.52. The smallest absolute Gasteiger partial charge is 0.236 e. The van der Waals surface area contributed by atoms with Crippen molar-refractivity contribution >= 4 is 5.91 Å². The first kappa shape index (κ1) is 16.4. The minimum atomic E-state index is 0.206. The van der Waals surface area contributed by atoms with Gasteiger partial charge in [-0.05, 0) is 18.4 Å². The molecule has 0 radical (unpaired) electrons. The molecule has 3 nitrogen and oxygen atoms in total. The maximum absolute atomic E-state index is 12.0. The van der Waals surface area contributed by atoms with Crippen molar-refractivity contribution in [3.8, 4) is 0 Å². The van der Waals surface area contributed by atoms with E-state index in [-0.39, 0.29) is 5.91 Å². The largest absolute Gasteiger partial charge is 0.341 e. The average Bonchev–Trinajstić information content (AvgIpc) is 2.35. The van der Waals surface area contributed by atoms with Crippen molar-refractivity contribution in [2.45, 2.75) is 53.5 Å². The Hall–Kier alpha value is -0.570. The number of likely N-dealkylation sites (N-methyl/N-ethyl adjacent to an activating group) is 2. The molecule has 0 aromatic carbocycles. The third-order valence-electron chi connectivity index (χ3n) is 3.82. The average molecular weight is 242 g/mol. The number of hydrogen-bond donors (Lipinski definition) is 1. The van der Waals surface area contributed by atoms with Gasteiger partial charge >= 0.3 is 0 Å². The zero-order valence-electron chi connectivity index (χ0n) is 12.4. The number of amides is 1. The number of carbonyl (C=O) groups excluding carboxylic acids is 1. The molecule has 102 valence electrons. The predicted molar refractivity (Wildman–Crippen MR) is 74.0 cm³/mol. The highest BCUT2D eigenvalue weighted by Crippen LogP contribution is 2.23. The molecule has 0 aliphatic rings. The summed E-state index contributed by atoms with van der Waals surface area (Å²) in [6, 6.07) is 0.358. The van der Waals surface area contributed by atoms with Crippen molar-refractivity contribution in [3.63, 3.8) is 0 Å². The summed E-state index contributed by atoms with van der Waals surface area (Å²) >= 11 is 0. The van der Waals surface area contributed by atoms with Crippen LogP contribution in [0.4, 0.5) is 0 Å². The van der Waals surface area contributed by atoms with E-state index in [4.69, 9.17) is 0 Å². The van der Waals surface area contributed by atoms with Gasteiger partial charge in [0.05, 0.1) is 6.54 Å². The zero-order chi connectivity index (χ0) is 13.4. The lowest BCUT2D eigenvalue weighted by Gasteiger charge is -2.37. The first-order chi connectivity index (χ1) is 7.99. The molecule has 2 unspecified atom stereocenters. The fraction of sp³-hybridized carbons (Fsp3) is 0.929. The van der Waals surface area contributed by atoms with Crippen LogP contribution in [0.3, 0.4) is 0 Å². The van der Waals surface area contributed by atoms with E-state index in [9.17, 15) is 4.79 Å². The second-order valence-electron chi connectivity index (χ2n) is 5.05. The number of nitrogens with zero attached hydrogens (tertiary/aromatic N) is 1. The summed E-state index contributed by atoms with van der Waals surface area (Å²) in [5.74, 6) is 1.32. The normalized spacial score (nSPS) is 16.4. The van der Waals surface area contributed by atoms with Gasteiger partial charge in [-0.2, -0.15) is 0 Å². The molecule has 0 aromatic heterocycles. The molecule has 0 bridgehead atoms. The van der Waals surface area contributed by atoms with Crippen molar-refractivity contribution in [1.29, 1.82) is 0 Å². The van der Waals surface area contributed by atoms with Gasteiger partial charge in [0.25, 0.3) is 0 Å². The van der Waals surface area contributed by atoms with Crippen LogP contribution in [0.15, 0.2) is 0 Å². The highest BCUT2D eigenvalue weighted by Gasteiger charge is 2.28. The van der Waals surface area contributed by atoms with E-state index in [1.165, 1.54) is 0 Å². The fourth-order valence-electron chi connectivity index (χ4n) is 2.33. The Bertz CT molecular complexity index is 208. The van der Waals surface area contributed by atoms with Crippen molar-refractivity contribution in [1.82, 2.24) is 10.2 Å². The molecule has 0 aliphatic heterocycles. The minimum absolute atomic E-state index is 0.206. The second-order valence-corrected chi connectivity index (χ2v) is 5.05. The highest BCUT2D eigenvalue weighted by atomic mass is 16.2. The van der Waals surface area contributed by atoms with E-state index in [0.29, 0.717) is 24.4 Å². The first-order valence-corrected chi connectivity index (χ1v) is 6.95. The molecule has 17 heavy (non-hydrogen) atoms. The molecule has 0 fully saturated rings. The molecule has 0 heterocycles. The van der Waals surface area contributed by atoms with Crippen molar-refractivity contribution < 1.29 is 4.79 Å². The molecule has 0 spiro atoms. The molecule has 0 saturated carbocycles. The van der Waals surface area contributed by atoms with Crippen LogP contribution in [-0.2, 0) is 4.79 Å². The Morgan fingerprint density at radius 1 is 1.12 bits per heavy atom. The summed E-state index contributed by atoms with van der Waals surface area (Å²) in [6.07, 6.45) is 2.24. The molecular weight excluding hydrogens is 212 g/mol. The topological polar surface area (TPSA) is 32.3 Å². The van der Waals surface area contributed by atoms with E-state index in [2.05, 4.69) is 33.0 Å². The van der Waals surface area contributed by atoms with Gasteiger partial charge in [0, 0.05) is 13.1 Å². The van der Waals surface area contributed by atoms with E-state index in [0.717, 1.165) is 19.4 Å². The molecule has 0 rings (SSSR count). The van der Waals surface area contributed by atoms with Crippen LogP contribution in [-0.4, -0.2) is 37.0 Å². The molecule has 1 N–H and O–H groups in total. The lowest BCUT2D eigenvalue weighted by atomic mass is 9.86. The molecular formula is C14H30N2O. The van der Waals surface area contributed by atoms with Gasteiger partial charge in [0.2, 0.25) is 5.91 Å². The second kappa shape index (κ2) is 8.51. The summed E-state index contributed by atoms with van der Waals surface area (Å²) in [5, 5.41) is 3.11.